The first-order chi connectivity index (χ1) is 8.29. The molecule has 1 saturated carbocycles. The van der Waals surface area contributed by atoms with Gasteiger partial charge in [-0.2, -0.15) is 0 Å². The Bertz CT molecular complexity index is 361. The molecular formula is C14H18BrClO. The summed E-state index contributed by atoms with van der Waals surface area (Å²) < 4.78 is 6.89. The van der Waals surface area contributed by atoms with Crippen LogP contribution in [0.3, 0.4) is 0 Å². The molecule has 0 radical (unpaired) electrons. The molecule has 1 fully saturated rings. The van der Waals surface area contributed by atoms with E-state index in [9.17, 15) is 0 Å². The van der Waals surface area contributed by atoms with Crippen LogP contribution in [0.15, 0.2) is 22.7 Å². The van der Waals surface area contributed by atoms with Gasteiger partial charge in [-0.1, -0.05) is 25.3 Å². The van der Waals surface area contributed by atoms with Gasteiger partial charge in [0.25, 0.3) is 0 Å². The first kappa shape index (κ1) is 13.2. The molecule has 0 heterocycles. The van der Waals surface area contributed by atoms with Gasteiger partial charge in [-0.3, -0.25) is 0 Å². The Kier molecular flexibility index (Phi) is 5.17. The van der Waals surface area contributed by atoms with E-state index in [1.54, 1.807) is 0 Å². The molecule has 0 atom stereocenters. The van der Waals surface area contributed by atoms with Crippen LogP contribution in [-0.2, 0) is 5.88 Å². The van der Waals surface area contributed by atoms with Gasteiger partial charge in [0.15, 0.2) is 0 Å². The maximum atomic E-state index is 5.89. The number of ether oxygens (including phenoxy) is 1. The molecule has 0 N–H and O–H groups in total. The topological polar surface area (TPSA) is 9.23 Å². The molecule has 1 aliphatic rings. The van der Waals surface area contributed by atoms with Gasteiger partial charge in [-0.05, 0) is 52.4 Å². The number of halogens is 2. The fraction of sp³-hybridized carbons (Fsp3) is 0.571. The maximum absolute atomic E-state index is 5.89. The molecule has 0 aromatic heterocycles. The summed E-state index contributed by atoms with van der Waals surface area (Å²) in [5.74, 6) is 2.22. The molecule has 1 aromatic carbocycles. The summed E-state index contributed by atoms with van der Waals surface area (Å²) in [4.78, 5) is 0. The first-order valence-corrected chi connectivity index (χ1v) is 7.59. The van der Waals surface area contributed by atoms with Crippen LogP contribution in [0.2, 0.25) is 0 Å². The minimum atomic E-state index is 0.543. The lowest BCUT2D eigenvalue weighted by Crippen LogP contribution is -2.15. The van der Waals surface area contributed by atoms with Gasteiger partial charge in [0.05, 0.1) is 11.1 Å². The van der Waals surface area contributed by atoms with E-state index in [-0.39, 0.29) is 0 Å². The van der Waals surface area contributed by atoms with Crippen LogP contribution in [0.1, 0.15) is 37.7 Å². The molecule has 17 heavy (non-hydrogen) atoms. The Labute approximate surface area is 117 Å². The molecule has 0 bridgehead atoms. The van der Waals surface area contributed by atoms with Crippen LogP contribution < -0.4 is 4.74 Å². The highest BCUT2D eigenvalue weighted by Gasteiger charge is 2.14. The lowest BCUT2D eigenvalue weighted by atomic mass is 9.90. The standard InChI is InChI=1S/C14H18BrClO/c15-13-8-12(9-16)6-7-14(13)17-10-11-4-2-1-3-5-11/h6-8,11H,1-5,9-10H2. The molecule has 1 aliphatic carbocycles. The van der Waals surface area contributed by atoms with Crippen LogP contribution in [0, 0.1) is 5.92 Å². The molecule has 1 aromatic rings. The van der Waals surface area contributed by atoms with Crippen molar-refractivity contribution in [3.05, 3.63) is 28.2 Å². The Morgan fingerprint density at radius 3 is 2.65 bits per heavy atom. The predicted octanol–water partition coefficient (Wildman–Crippen LogP) is 5.15. The maximum Gasteiger partial charge on any atom is 0.133 e. The predicted molar refractivity (Wildman–Crippen MR) is 75.8 cm³/mol. The molecule has 0 aliphatic heterocycles. The van der Waals surface area contributed by atoms with E-state index in [0.717, 1.165) is 28.3 Å². The molecule has 2 rings (SSSR count). The lowest BCUT2D eigenvalue weighted by molar-refractivity contribution is 0.208. The van der Waals surface area contributed by atoms with E-state index in [1.807, 2.05) is 18.2 Å². The number of alkyl halides is 1. The van der Waals surface area contributed by atoms with Crippen LogP contribution in [0.4, 0.5) is 0 Å². The van der Waals surface area contributed by atoms with Gasteiger partial charge in [0, 0.05) is 5.88 Å². The van der Waals surface area contributed by atoms with Gasteiger partial charge < -0.3 is 4.74 Å². The highest BCUT2D eigenvalue weighted by Crippen LogP contribution is 2.29. The highest BCUT2D eigenvalue weighted by molar-refractivity contribution is 9.10. The van der Waals surface area contributed by atoms with Crippen molar-refractivity contribution in [2.24, 2.45) is 5.92 Å². The Morgan fingerprint density at radius 2 is 2.00 bits per heavy atom. The number of hydrogen-bond donors (Lipinski definition) is 0. The summed E-state index contributed by atoms with van der Waals surface area (Å²) in [6.45, 7) is 0.846. The van der Waals surface area contributed by atoms with Crippen LogP contribution >= 0.6 is 27.5 Å². The van der Waals surface area contributed by atoms with Gasteiger partial charge in [0.2, 0.25) is 0 Å². The second-order valence-corrected chi connectivity index (χ2v) is 5.84. The third-order valence-corrected chi connectivity index (χ3v) is 4.28. The molecular weight excluding hydrogens is 300 g/mol. The Balaban J connectivity index is 1.89. The molecule has 0 spiro atoms. The Hall–Kier alpha value is -0.210. The second kappa shape index (κ2) is 6.65. The van der Waals surface area contributed by atoms with Crippen molar-refractivity contribution in [2.45, 2.75) is 38.0 Å². The van der Waals surface area contributed by atoms with E-state index < -0.39 is 0 Å². The average Bonchev–Trinajstić information content (AvgIpc) is 2.38. The van der Waals surface area contributed by atoms with E-state index >= 15 is 0 Å². The third kappa shape index (κ3) is 3.89. The zero-order valence-electron chi connectivity index (χ0n) is 9.92. The van der Waals surface area contributed by atoms with Crippen LogP contribution in [-0.4, -0.2) is 6.61 Å². The Morgan fingerprint density at radius 1 is 1.24 bits per heavy atom. The SMILES string of the molecule is ClCc1ccc(OCC2CCCCC2)c(Br)c1. The van der Waals surface area contributed by atoms with Crippen molar-refractivity contribution in [1.82, 2.24) is 0 Å². The third-order valence-electron chi connectivity index (χ3n) is 3.35. The highest BCUT2D eigenvalue weighted by atomic mass is 79.9. The minimum Gasteiger partial charge on any atom is -0.492 e. The van der Waals surface area contributed by atoms with E-state index in [0.29, 0.717) is 5.88 Å². The largest absolute Gasteiger partial charge is 0.492 e. The van der Waals surface area contributed by atoms with Gasteiger partial charge >= 0.3 is 0 Å². The van der Waals surface area contributed by atoms with Crippen LogP contribution in [0.5, 0.6) is 5.75 Å². The molecule has 3 heteroatoms. The van der Waals surface area contributed by atoms with E-state index in [4.69, 9.17) is 16.3 Å². The van der Waals surface area contributed by atoms with Crippen molar-refractivity contribution in [2.75, 3.05) is 6.61 Å². The van der Waals surface area contributed by atoms with Crippen LogP contribution in [0.25, 0.3) is 0 Å². The number of hydrogen-bond acceptors (Lipinski definition) is 1. The second-order valence-electron chi connectivity index (χ2n) is 4.71. The smallest absolute Gasteiger partial charge is 0.133 e. The monoisotopic (exact) mass is 316 g/mol. The van der Waals surface area contributed by atoms with Crippen molar-refractivity contribution in [3.8, 4) is 5.75 Å². The lowest BCUT2D eigenvalue weighted by Gasteiger charge is -2.22. The molecule has 0 saturated heterocycles. The van der Waals surface area contributed by atoms with Gasteiger partial charge in [0.1, 0.15) is 5.75 Å². The first-order valence-electron chi connectivity index (χ1n) is 6.27. The summed E-state index contributed by atoms with van der Waals surface area (Å²) in [6, 6.07) is 6.06. The van der Waals surface area contributed by atoms with E-state index in [1.165, 1.54) is 32.1 Å². The zero-order valence-corrected chi connectivity index (χ0v) is 12.3. The van der Waals surface area contributed by atoms with E-state index in [2.05, 4.69) is 15.9 Å². The van der Waals surface area contributed by atoms with Crippen molar-refractivity contribution < 1.29 is 4.74 Å². The normalized spacial score (nSPS) is 17.1. The van der Waals surface area contributed by atoms with Gasteiger partial charge in [-0.25, -0.2) is 0 Å². The summed E-state index contributed by atoms with van der Waals surface area (Å²) in [6.07, 6.45) is 6.75. The summed E-state index contributed by atoms with van der Waals surface area (Å²) in [7, 11) is 0. The van der Waals surface area contributed by atoms with Crippen molar-refractivity contribution in [1.29, 1.82) is 0 Å². The fourth-order valence-electron chi connectivity index (χ4n) is 2.31. The quantitative estimate of drug-likeness (QED) is 0.698. The number of rotatable bonds is 4. The fourth-order valence-corrected chi connectivity index (χ4v) is 3.01. The molecule has 1 nitrogen and oxygen atoms in total. The molecule has 0 unspecified atom stereocenters. The number of benzene rings is 1. The summed E-state index contributed by atoms with van der Waals surface area (Å²) in [5.41, 5.74) is 1.11. The zero-order chi connectivity index (χ0) is 12.1. The van der Waals surface area contributed by atoms with Crippen molar-refractivity contribution >= 4 is 27.5 Å². The summed E-state index contributed by atoms with van der Waals surface area (Å²) in [5, 5.41) is 0. The molecule has 0 amide bonds. The summed E-state index contributed by atoms with van der Waals surface area (Å²) >= 11 is 9.32. The minimum absolute atomic E-state index is 0.543. The average molecular weight is 318 g/mol. The van der Waals surface area contributed by atoms with Gasteiger partial charge in [-0.15, -0.1) is 11.6 Å². The van der Waals surface area contributed by atoms with Crippen molar-refractivity contribution in [3.63, 3.8) is 0 Å². The molecule has 94 valence electrons.